The molecule has 0 spiro atoms. The monoisotopic (exact) mass is 317 g/mol. The van der Waals surface area contributed by atoms with E-state index in [9.17, 15) is 0 Å². The Hall–Kier alpha value is -2.01. The number of nitrogen functional groups attached to an aromatic ring is 1. The number of imidazole rings is 1. The van der Waals surface area contributed by atoms with Crippen LogP contribution in [-0.2, 0) is 0 Å². The van der Waals surface area contributed by atoms with Gasteiger partial charge in [-0.1, -0.05) is 22.0 Å². The topological polar surface area (TPSA) is 52.5 Å². The first-order valence-electron chi connectivity index (χ1n) is 5.81. The second-order valence-corrected chi connectivity index (χ2v) is 5.18. The van der Waals surface area contributed by atoms with Gasteiger partial charge in [-0.05, 0) is 36.8 Å². The molecule has 3 rings (SSSR count). The minimum absolute atomic E-state index is 0.601. The van der Waals surface area contributed by atoms with E-state index in [4.69, 9.17) is 10.5 Å². The zero-order chi connectivity index (χ0) is 13.4. The summed E-state index contributed by atoms with van der Waals surface area (Å²) in [6.07, 6.45) is 3.59. The van der Waals surface area contributed by atoms with Gasteiger partial charge in [-0.3, -0.25) is 4.40 Å². The molecule has 0 atom stereocenters. The van der Waals surface area contributed by atoms with Gasteiger partial charge in [-0.25, -0.2) is 4.98 Å². The molecule has 0 bridgehead atoms. The number of hydrogen-bond acceptors (Lipinski definition) is 3. The molecule has 0 aliphatic rings. The van der Waals surface area contributed by atoms with Crippen molar-refractivity contribution in [2.24, 2.45) is 0 Å². The highest BCUT2D eigenvalue weighted by Gasteiger charge is 2.09. The summed E-state index contributed by atoms with van der Waals surface area (Å²) in [5.41, 5.74) is 8.43. The first-order chi connectivity index (χ1) is 9.15. The van der Waals surface area contributed by atoms with E-state index in [0.717, 1.165) is 15.7 Å². The second kappa shape index (κ2) is 4.59. The van der Waals surface area contributed by atoms with Gasteiger partial charge in [0, 0.05) is 16.9 Å². The highest BCUT2D eigenvalue weighted by molar-refractivity contribution is 9.10. The molecule has 0 radical (unpaired) electrons. The second-order valence-electron chi connectivity index (χ2n) is 4.26. The van der Waals surface area contributed by atoms with Crippen LogP contribution >= 0.6 is 15.9 Å². The number of benzene rings is 1. The molecule has 2 aromatic heterocycles. The Morgan fingerprint density at radius 3 is 2.95 bits per heavy atom. The average molecular weight is 318 g/mol. The van der Waals surface area contributed by atoms with Crippen LogP contribution in [0.3, 0.4) is 0 Å². The molecule has 0 aliphatic carbocycles. The minimum atomic E-state index is 0.601. The van der Waals surface area contributed by atoms with Crippen LogP contribution in [0.25, 0.3) is 5.65 Å². The molecule has 2 N–H and O–H groups in total. The lowest BCUT2D eigenvalue weighted by Gasteiger charge is -2.13. The molecular formula is C14H12BrN3O. The number of nitrogens with zero attached hydrogens (tertiary/aromatic N) is 2. The SMILES string of the molecule is Cc1cc(Br)cc(N)c1Oc1cccc2nccn12. The number of pyridine rings is 1. The zero-order valence-electron chi connectivity index (χ0n) is 10.3. The molecule has 96 valence electrons. The largest absolute Gasteiger partial charge is 0.438 e. The van der Waals surface area contributed by atoms with Crippen molar-refractivity contribution < 1.29 is 4.74 Å². The van der Waals surface area contributed by atoms with E-state index in [1.54, 1.807) is 6.20 Å². The molecule has 19 heavy (non-hydrogen) atoms. The van der Waals surface area contributed by atoms with Gasteiger partial charge in [0.15, 0.2) is 5.75 Å². The van der Waals surface area contributed by atoms with Gasteiger partial charge >= 0.3 is 0 Å². The summed E-state index contributed by atoms with van der Waals surface area (Å²) in [6.45, 7) is 1.96. The van der Waals surface area contributed by atoms with Crippen molar-refractivity contribution in [3.05, 3.63) is 52.8 Å². The fourth-order valence-electron chi connectivity index (χ4n) is 2.00. The maximum atomic E-state index is 6.01. The average Bonchev–Trinajstić information content (AvgIpc) is 2.82. The van der Waals surface area contributed by atoms with Gasteiger partial charge in [-0.15, -0.1) is 0 Å². The molecule has 0 saturated carbocycles. The molecular weight excluding hydrogens is 306 g/mol. The standard InChI is InChI=1S/C14H12BrN3O/c1-9-7-10(15)8-11(16)14(9)19-13-4-2-3-12-17-5-6-18(12)13/h2-8H,16H2,1H3. The van der Waals surface area contributed by atoms with E-state index in [1.807, 2.05) is 47.9 Å². The third-order valence-electron chi connectivity index (χ3n) is 2.87. The summed E-state index contributed by atoms with van der Waals surface area (Å²) < 4.78 is 8.76. The first kappa shape index (κ1) is 12.0. The Kier molecular flexibility index (Phi) is 2.91. The molecule has 0 saturated heterocycles. The highest BCUT2D eigenvalue weighted by Crippen LogP contribution is 2.33. The number of aromatic nitrogens is 2. The number of halogens is 1. The van der Waals surface area contributed by atoms with Crippen molar-refractivity contribution in [2.75, 3.05) is 5.73 Å². The summed E-state index contributed by atoms with van der Waals surface area (Å²) in [5.74, 6) is 1.36. The predicted octanol–water partition coefficient (Wildman–Crippen LogP) is 3.78. The Morgan fingerprint density at radius 1 is 1.32 bits per heavy atom. The maximum Gasteiger partial charge on any atom is 0.205 e. The van der Waals surface area contributed by atoms with Crippen molar-refractivity contribution in [1.29, 1.82) is 0 Å². The predicted molar refractivity (Wildman–Crippen MR) is 78.6 cm³/mol. The van der Waals surface area contributed by atoms with Crippen LogP contribution in [0.4, 0.5) is 5.69 Å². The fourth-order valence-corrected chi connectivity index (χ4v) is 2.59. The Labute approximate surface area is 119 Å². The van der Waals surface area contributed by atoms with Crippen molar-refractivity contribution in [3.63, 3.8) is 0 Å². The van der Waals surface area contributed by atoms with E-state index in [0.29, 0.717) is 17.3 Å². The van der Waals surface area contributed by atoms with Crippen LogP contribution in [0.2, 0.25) is 0 Å². The molecule has 0 fully saturated rings. The number of rotatable bonds is 2. The third-order valence-corrected chi connectivity index (χ3v) is 3.32. The number of hydrogen-bond donors (Lipinski definition) is 1. The number of anilines is 1. The summed E-state index contributed by atoms with van der Waals surface area (Å²) in [4.78, 5) is 4.22. The molecule has 0 unspecified atom stereocenters. The summed E-state index contributed by atoms with van der Waals surface area (Å²) >= 11 is 3.42. The van der Waals surface area contributed by atoms with Gasteiger partial charge in [-0.2, -0.15) is 0 Å². The summed E-state index contributed by atoms with van der Waals surface area (Å²) in [5, 5.41) is 0. The van der Waals surface area contributed by atoms with Crippen LogP contribution in [0, 0.1) is 6.92 Å². The van der Waals surface area contributed by atoms with Crippen LogP contribution in [-0.4, -0.2) is 9.38 Å². The minimum Gasteiger partial charge on any atom is -0.438 e. The van der Waals surface area contributed by atoms with Crippen LogP contribution in [0.1, 0.15) is 5.56 Å². The van der Waals surface area contributed by atoms with E-state index >= 15 is 0 Å². The number of fused-ring (bicyclic) bond motifs is 1. The van der Waals surface area contributed by atoms with Gasteiger partial charge in [0.05, 0.1) is 5.69 Å². The Balaban J connectivity index is 2.09. The lowest BCUT2D eigenvalue weighted by atomic mass is 10.2. The quantitative estimate of drug-likeness (QED) is 0.732. The van der Waals surface area contributed by atoms with E-state index in [1.165, 1.54) is 0 Å². The van der Waals surface area contributed by atoms with Gasteiger partial charge in [0.1, 0.15) is 5.65 Å². The first-order valence-corrected chi connectivity index (χ1v) is 6.60. The zero-order valence-corrected chi connectivity index (χ0v) is 11.9. The maximum absolute atomic E-state index is 6.01. The highest BCUT2D eigenvalue weighted by atomic mass is 79.9. The van der Waals surface area contributed by atoms with Crippen LogP contribution in [0.5, 0.6) is 11.6 Å². The lowest BCUT2D eigenvalue weighted by Crippen LogP contribution is -1.98. The van der Waals surface area contributed by atoms with Crippen molar-refractivity contribution in [1.82, 2.24) is 9.38 Å². The number of aryl methyl sites for hydroxylation is 1. The van der Waals surface area contributed by atoms with Gasteiger partial charge < -0.3 is 10.5 Å². The van der Waals surface area contributed by atoms with E-state index in [2.05, 4.69) is 20.9 Å². The smallest absolute Gasteiger partial charge is 0.205 e. The molecule has 1 aromatic carbocycles. The van der Waals surface area contributed by atoms with Crippen molar-refractivity contribution in [2.45, 2.75) is 6.92 Å². The van der Waals surface area contributed by atoms with Crippen LogP contribution in [0.15, 0.2) is 47.2 Å². The number of nitrogens with two attached hydrogens (primary N) is 1. The molecule has 0 amide bonds. The van der Waals surface area contributed by atoms with Crippen molar-refractivity contribution >= 4 is 27.3 Å². The Bertz CT molecular complexity index is 728. The normalized spacial score (nSPS) is 10.8. The van der Waals surface area contributed by atoms with Crippen molar-refractivity contribution in [3.8, 4) is 11.6 Å². The molecule has 0 aliphatic heterocycles. The fraction of sp³-hybridized carbons (Fsp3) is 0.0714. The summed E-state index contributed by atoms with van der Waals surface area (Å²) in [6, 6.07) is 9.51. The molecule has 2 heterocycles. The van der Waals surface area contributed by atoms with E-state index in [-0.39, 0.29) is 0 Å². The molecule has 5 heteroatoms. The number of ether oxygens (including phenoxy) is 1. The van der Waals surface area contributed by atoms with E-state index < -0.39 is 0 Å². The van der Waals surface area contributed by atoms with Crippen LogP contribution < -0.4 is 10.5 Å². The van der Waals surface area contributed by atoms with Gasteiger partial charge in [0.2, 0.25) is 5.88 Å². The molecule has 3 aromatic rings. The van der Waals surface area contributed by atoms with Gasteiger partial charge in [0.25, 0.3) is 0 Å². The molecule has 4 nitrogen and oxygen atoms in total. The third kappa shape index (κ3) is 2.17. The lowest BCUT2D eigenvalue weighted by molar-refractivity contribution is 0.455. The Morgan fingerprint density at radius 2 is 2.16 bits per heavy atom. The summed E-state index contributed by atoms with van der Waals surface area (Å²) in [7, 11) is 0.